The predicted molar refractivity (Wildman–Crippen MR) is 77.7 cm³/mol. The summed E-state index contributed by atoms with van der Waals surface area (Å²) >= 11 is 3.19. The average molecular weight is 335 g/mol. The van der Waals surface area contributed by atoms with Crippen molar-refractivity contribution in [3.63, 3.8) is 0 Å². The number of benzene rings is 1. The van der Waals surface area contributed by atoms with Gasteiger partial charge in [-0.25, -0.2) is 4.98 Å². The fourth-order valence-corrected chi connectivity index (χ4v) is 2.03. The standard InChI is InChI=1S/C14H11BrN2O3/c15-12-8-4-7-11(16-12)14(20)17(9-13(18)19)10-5-2-1-3-6-10/h1-8H,9H2,(H,18,19). The number of carboxylic acid groups (broad SMARTS) is 1. The molecule has 1 aromatic heterocycles. The first-order chi connectivity index (χ1) is 9.58. The van der Waals surface area contributed by atoms with E-state index in [1.807, 2.05) is 0 Å². The van der Waals surface area contributed by atoms with Gasteiger partial charge in [-0.15, -0.1) is 0 Å². The van der Waals surface area contributed by atoms with Crippen molar-refractivity contribution in [2.45, 2.75) is 0 Å². The van der Waals surface area contributed by atoms with Gasteiger partial charge in [0.1, 0.15) is 16.8 Å². The molecule has 0 radical (unpaired) electrons. The smallest absolute Gasteiger partial charge is 0.323 e. The number of aromatic nitrogens is 1. The zero-order valence-electron chi connectivity index (χ0n) is 10.4. The maximum absolute atomic E-state index is 12.4. The van der Waals surface area contributed by atoms with E-state index in [4.69, 9.17) is 5.11 Å². The number of carboxylic acids is 1. The summed E-state index contributed by atoms with van der Waals surface area (Å²) < 4.78 is 0.520. The topological polar surface area (TPSA) is 70.5 Å². The molecule has 1 amide bonds. The van der Waals surface area contributed by atoms with Crippen LogP contribution in [0.4, 0.5) is 5.69 Å². The van der Waals surface area contributed by atoms with Crippen molar-refractivity contribution in [1.82, 2.24) is 4.98 Å². The summed E-state index contributed by atoms with van der Waals surface area (Å²) in [7, 11) is 0. The van der Waals surface area contributed by atoms with Crippen LogP contribution in [0.5, 0.6) is 0 Å². The van der Waals surface area contributed by atoms with Crippen molar-refractivity contribution in [3.8, 4) is 0 Å². The van der Waals surface area contributed by atoms with Gasteiger partial charge in [-0.05, 0) is 40.2 Å². The number of para-hydroxylation sites is 1. The van der Waals surface area contributed by atoms with Crippen molar-refractivity contribution < 1.29 is 14.7 Å². The third-order valence-electron chi connectivity index (χ3n) is 2.54. The van der Waals surface area contributed by atoms with Crippen LogP contribution in [0.25, 0.3) is 0 Å². The molecular formula is C14H11BrN2O3. The first-order valence-corrected chi connectivity index (χ1v) is 6.58. The summed E-state index contributed by atoms with van der Waals surface area (Å²) in [6, 6.07) is 13.6. The van der Waals surface area contributed by atoms with Crippen molar-refractivity contribution in [2.75, 3.05) is 11.4 Å². The maximum Gasteiger partial charge on any atom is 0.323 e. The van der Waals surface area contributed by atoms with E-state index in [-0.39, 0.29) is 5.69 Å². The SMILES string of the molecule is O=C(O)CN(C(=O)c1cccc(Br)n1)c1ccccc1. The van der Waals surface area contributed by atoms with Crippen LogP contribution >= 0.6 is 15.9 Å². The normalized spacial score (nSPS) is 10.1. The van der Waals surface area contributed by atoms with E-state index in [9.17, 15) is 9.59 Å². The Morgan fingerprint density at radius 1 is 1.10 bits per heavy atom. The summed E-state index contributed by atoms with van der Waals surface area (Å²) in [5.74, 6) is -1.54. The molecule has 0 aliphatic carbocycles. The quantitative estimate of drug-likeness (QED) is 0.872. The van der Waals surface area contributed by atoms with Crippen molar-refractivity contribution in [3.05, 3.63) is 58.8 Å². The van der Waals surface area contributed by atoms with Gasteiger partial charge < -0.3 is 5.11 Å². The molecule has 1 heterocycles. The zero-order chi connectivity index (χ0) is 14.5. The molecule has 0 saturated heterocycles. The lowest BCUT2D eigenvalue weighted by atomic mass is 10.2. The first-order valence-electron chi connectivity index (χ1n) is 5.79. The highest BCUT2D eigenvalue weighted by Crippen LogP contribution is 2.17. The van der Waals surface area contributed by atoms with E-state index < -0.39 is 18.4 Å². The monoisotopic (exact) mass is 334 g/mol. The lowest BCUT2D eigenvalue weighted by Gasteiger charge is -2.20. The van der Waals surface area contributed by atoms with E-state index in [1.165, 1.54) is 4.90 Å². The number of hydrogen-bond acceptors (Lipinski definition) is 3. The van der Waals surface area contributed by atoms with Crippen LogP contribution in [0.3, 0.4) is 0 Å². The van der Waals surface area contributed by atoms with Gasteiger partial charge in [-0.1, -0.05) is 24.3 Å². The highest BCUT2D eigenvalue weighted by Gasteiger charge is 2.21. The minimum atomic E-state index is -1.09. The number of hydrogen-bond donors (Lipinski definition) is 1. The van der Waals surface area contributed by atoms with Crippen LogP contribution in [0.2, 0.25) is 0 Å². The zero-order valence-corrected chi connectivity index (χ0v) is 11.9. The molecule has 0 spiro atoms. The van der Waals surface area contributed by atoms with Crippen LogP contribution < -0.4 is 4.90 Å². The molecule has 0 aliphatic rings. The maximum atomic E-state index is 12.4. The van der Waals surface area contributed by atoms with Crippen molar-refractivity contribution in [1.29, 1.82) is 0 Å². The second kappa shape index (κ2) is 6.29. The van der Waals surface area contributed by atoms with E-state index >= 15 is 0 Å². The van der Waals surface area contributed by atoms with Gasteiger partial charge in [-0.3, -0.25) is 14.5 Å². The molecule has 0 bridgehead atoms. The molecular weight excluding hydrogens is 324 g/mol. The van der Waals surface area contributed by atoms with E-state index in [0.29, 0.717) is 10.3 Å². The Balaban J connectivity index is 2.36. The van der Waals surface area contributed by atoms with Gasteiger partial charge in [0.05, 0.1) is 0 Å². The Morgan fingerprint density at radius 3 is 2.40 bits per heavy atom. The van der Waals surface area contributed by atoms with Gasteiger partial charge in [-0.2, -0.15) is 0 Å². The molecule has 0 unspecified atom stereocenters. The highest BCUT2D eigenvalue weighted by atomic mass is 79.9. The van der Waals surface area contributed by atoms with E-state index in [1.54, 1.807) is 48.5 Å². The summed E-state index contributed by atoms with van der Waals surface area (Å²) in [4.78, 5) is 28.6. The third-order valence-corrected chi connectivity index (χ3v) is 2.98. The number of carbonyl (C=O) groups excluding carboxylic acids is 1. The van der Waals surface area contributed by atoms with Gasteiger partial charge in [0.25, 0.3) is 5.91 Å². The molecule has 2 aromatic rings. The summed E-state index contributed by atoms with van der Waals surface area (Å²) in [6.07, 6.45) is 0. The Bertz CT molecular complexity index is 631. The van der Waals surface area contributed by atoms with Gasteiger partial charge in [0, 0.05) is 5.69 Å². The lowest BCUT2D eigenvalue weighted by Crippen LogP contribution is -2.36. The lowest BCUT2D eigenvalue weighted by molar-refractivity contribution is -0.135. The number of rotatable bonds is 4. The molecule has 102 valence electrons. The van der Waals surface area contributed by atoms with Crippen LogP contribution in [0.15, 0.2) is 53.1 Å². The fourth-order valence-electron chi connectivity index (χ4n) is 1.69. The second-order valence-electron chi connectivity index (χ2n) is 3.97. The third kappa shape index (κ3) is 3.42. The Kier molecular flexibility index (Phi) is 4.47. The van der Waals surface area contributed by atoms with Crippen molar-refractivity contribution in [2.24, 2.45) is 0 Å². The molecule has 0 saturated carbocycles. The average Bonchev–Trinajstić information content (AvgIpc) is 2.45. The summed E-state index contributed by atoms with van der Waals surface area (Å²) in [5, 5.41) is 8.97. The minimum absolute atomic E-state index is 0.185. The summed E-state index contributed by atoms with van der Waals surface area (Å²) in [5.41, 5.74) is 0.700. The van der Waals surface area contributed by atoms with Gasteiger partial charge in [0.15, 0.2) is 0 Å². The number of carbonyl (C=O) groups is 2. The van der Waals surface area contributed by atoms with Crippen LogP contribution in [0, 0.1) is 0 Å². The number of pyridine rings is 1. The molecule has 5 nitrogen and oxygen atoms in total. The number of amides is 1. The first kappa shape index (κ1) is 14.2. The molecule has 6 heteroatoms. The van der Waals surface area contributed by atoms with Gasteiger partial charge >= 0.3 is 5.97 Å². The van der Waals surface area contributed by atoms with Crippen LogP contribution in [-0.4, -0.2) is 28.5 Å². The second-order valence-corrected chi connectivity index (χ2v) is 4.78. The molecule has 0 fully saturated rings. The number of anilines is 1. The Morgan fingerprint density at radius 2 is 1.80 bits per heavy atom. The van der Waals surface area contributed by atoms with Crippen molar-refractivity contribution >= 4 is 33.5 Å². The Labute approximate surface area is 124 Å². The summed E-state index contributed by atoms with van der Waals surface area (Å²) in [6.45, 7) is -0.420. The molecule has 2 rings (SSSR count). The minimum Gasteiger partial charge on any atom is -0.480 e. The number of halogens is 1. The highest BCUT2D eigenvalue weighted by molar-refractivity contribution is 9.10. The van der Waals surface area contributed by atoms with E-state index in [2.05, 4.69) is 20.9 Å². The van der Waals surface area contributed by atoms with E-state index in [0.717, 1.165) is 0 Å². The largest absolute Gasteiger partial charge is 0.480 e. The molecule has 0 aliphatic heterocycles. The Hall–Kier alpha value is -2.21. The van der Waals surface area contributed by atoms with Crippen LogP contribution in [-0.2, 0) is 4.79 Å². The molecule has 1 aromatic carbocycles. The fraction of sp³-hybridized carbons (Fsp3) is 0.0714. The molecule has 1 N–H and O–H groups in total. The molecule has 20 heavy (non-hydrogen) atoms. The van der Waals surface area contributed by atoms with Gasteiger partial charge in [0.2, 0.25) is 0 Å². The number of nitrogens with zero attached hydrogens (tertiary/aromatic N) is 2. The predicted octanol–water partition coefficient (Wildman–Crippen LogP) is 2.58. The molecule has 0 atom stereocenters. The van der Waals surface area contributed by atoms with Crippen LogP contribution in [0.1, 0.15) is 10.5 Å². The number of aliphatic carboxylic acids is 1.